The van der Waals surface area contributed by atoms with Crippen LogP contribution in [0.1, 0.15) is 18.4 Å². The lowest BCUT2D eigenvalue weighted by atomic mass is 10.1. The Labute approximate surface area is 180 Å². The fourth-order valence-electron chi connectivity index (χ4n) is 4.00. The van der Waals surface area contributed by atoms with E-state index in [2.05, 4.69) is 10.6 Å². The number of ether oxygens (including phenoxy) is 1. The maximum absolute atomic E-state index is 12.8. The van der Waals surface area contributed by atoms with Crippen molar-refractivity contribution in [3.05, 3.63) is 53.1 Å². The Hall–Kier alpha value is -2.93. The number of carbonyl (C=O) groups is 2. The molecule has 8 heteroatoms. The number of rotatable bonds is 3. The van der Waals surface area contributed by atoms with Crippen molar-refractivity contribution in [1.82, 2.24) is 10.2 Å². The monoisotopic (exact) mass is 428 g/mol. The second kappa shape index (κ2) is 8.83. The van der Waals surface area contributed by atoms with Crippen LogP contribution in [0.25, 0.3) is 0 Å². The number of likely N-dealkylation sites (tertiary alicyclic amines) is 1. The third-order valence-electron chi connectivity index (χ3n) is 5.64. The molecular formula is C22H25ClN4O3. The van der Waals surface area contributed by atoms with Crippen molar-refractivity contribution in [1.29, 1.82) is 0 Å². The summed E-state index contributed by atoms with van der Waals surface area (Å²) in [5, 5.41) is 6.71. The minimum Gasteiger partial charge on any atom is -0.495 e. The number of hydrogen-bond donors (Lipinski definition) is 2. The zero-order chi connectivity index (χ0) is 21.1. The van der Waals surface area contributed by atoms with Crippen molar-refractivity contribution in [2.75, 3.05) is 37.0 Å². The molecule has 0 atom stereocenters. The van der Waals surface area contributed by atoms with E-state index in [9.17, 15) is 9.59 Å². The number of benzene rings is 2. The average molecular weight is 429 g/mol. The molecule has 0 aliphatic carbocycles. The van der Waals surface area contributed by atoms with Gasteiger partial charge in [-0.05, 0) is 55.2 Å². The quantitative estimate of drug-likeness (QED) is 0.772. The van der Waals surface area contributed by atoms with E-state index in [0.717, 1.165) is 17.7 Å². The van der Waals surface area contributed by atoms with Gasteiger partial charge in [0.15, 0.2) is 0 Å². The molecule has 158 valence electrons. The van der Waals surface area contributed by atoms with Crippen LogP contribution < -0.4 is 20.3 Å². The topological polar surface area (TPSA) is 73.9 Å². The first-order valence-electron chi connectivity index (χ1n) is 10.1. The molecule has 0 spiro atoms. The van der Waals surface area contributed by atoms with Crippen LogP contribution in [0.15, 0.2) is 42.5 Å². The number of nitrogens with one attached hydrogen (secondary N) is 2. The molecule has 2 aromatic carbocycles. The zero-order valence-electron chi connectivity index (χ0n) is 16.9. The summed E-state index contributed by atoms with van der Waals surface area (Å²) in [6, 6.07) is 12.8. The lowest BCUT2D eigenvalue weighted by molar-refractivity contribution is 0.188. The number of anilines is 2. The normalized spacial score (nSPS) is 16.2. The van der Waals surface area contributed by atoms with Gasteiger partial charge in [-0.15, -0.1) is 0 Å². The second-order valence-electron chi connectivity index (χ2n) is 7.52. The molecule has 0 radical (unpaired) electrons. The Morgan fingerprint density at radius 2 is 1.83 bits per heavy atom. The van der Waals surface area contributed by atoms with E-state index < -0.39 is 0 Å². The van der Waals surface area contributed by atoms with Crippen LogP contribution >= 0.6 is 11.6 Å². The van der Waals surface area contributed by atoms with Crippen molar-refractivity contribution in [2.45, 2.75) is 25.3 Å². The van der Waals surface area contributed by atoms with Crippen LogP contribution in [0.5, 0.6) is 5.75 Å². The van der Waals surface area contributed by atoms with Gasteiger partial charge in [-0.3, -0.25) is 4.90 Å². The van der Waals surface area contributed by atoms with E-state index >= 15 is 0 Å². The number of fused-ring (bicyclic) bond motifs is 1. The molecule has 30 heavy (non-hydrogen) atoms. The minimum absolute atomic E-state index is 0.0455. The summed E-state index contributed by atoms with van der Waals surface area (Å²) in [5.74, 6) is 0.625. The van der Waals surface area contributed by atoms with Crippen LogP contribution in [0.2, 0.25) is 5.02 Å². The Morgan fingerprint density at radius 3 is 2.60 bits per heavy atom. The molecule has 2 aliphatic heterocycles. The number of methoxy groups -OCH3 is 1. The number of piperidine rings is 1. The summed E-state index contributed by atoms with van der Waals surface area (Å²) < 4.78 is 5.28. The maximum atomic E-state index is 12.8. The van der Waals surface area contributed by atoms with Crippen molar-refractivity contribution in [3.8, 4) is 5.75 Å². The number of hydrogen-bond acceptors (Lipinski definition) is 3. The maximum Gasteiger partial charge on any atom is 0.322 e. The van der Waals surface area contributed by atoms with E-state index in [1.165, 1.54) is 0 Å². The fourth-order valence-corrected chi connectivity index (χ4v) is 4.20. The van der Waals surface area contributed by atoms with Gasteiger partial charge in [-0.25, -0.2) is 9.59 Å². The molecular weight excluding hydrogens is 404 g/mol. The number of amides is 4. The molecule has 4 rings (SSSR count). The van der Waals surface area contributed by atoms with Crippen molar-refractivity contribution < 1.29 is 14.3 Å². The molecule has 0 aromatic heterocycles. The van der Waals surface area contributed by atoms with Gasteiger partial charge in [0, 0.05) is 36.4 Å². The van der Waals surface area contributed by atoms with Crippen LogP contribution in [-0.4, -0.2) is 49.7 Å². The standard InChI is InChI=1S/C22H25ClN4O3/c1-30-20-5-3-2-4-18(20)25-21(28)26-11-9-17(10-12-26)24-22(29)27-13-8-15-14-16(23)6-7-19(15)27/h2-7,14,17H,8-13H2,1H3,(H,24,29)(H,25,28). The lowest BCUT2D eigenvalue weighted by Gasteiger charge is -2.33. The van der Waals surface area contributed by atoms with Gasteiger partial charge >= 0.3 is 12.1 Å². The third kappa shape index (κ3) is 4.31. The molecule has 0 saturated carbocycles. The Balaban J connectivity index is 1.29. The van der Waals surface area contributed by atoms with Gasteiger partial charge in [-0.2, -0.15) is 0 Å². The number of nitrogens with zero attached hydrogens (tertiary/aromatic N) is 2. The molecule has 2 N–H and O–H groups in total. The first kappa shape index (κ1) is 20.3. The van der Waals surface area contributed by atoms with Crippen molar-refractivity contribution in [3.63, 3.8) is 0 Å². The SMILES string of the molecule is COc1ccccc1NC(=O)N1CCC(NC(=O)N2CCc3cc(Cl)ccc32)CC1. The minimum atomic E-state index is -0.158. The smallest absolute Gasteiger partial charge is 0.322 e. The third-order valence-corrected chi connectivity index (χ3v) is 5.88. The summed E-state index contributed by atoms with van der Waals surface area (Å²) in [6.07, 6.45) is 2.24. The van der Waals surface area contributed by atoms with Crippen LogP contribution in [0, 0.1) is 0 Å². The summed E-state index contributed by atoms with van der Waals surface area (Å²) in [7, 11) is 1.58. The van der Waals surface area contributed by atoms with Gasteiger partial charge in [0.2, 0.25) is 0 Å². The van der Waals surface area contributed by atoms with E-state index in [-0.39, 0.29) is 18.1 Å². The molecule has 1 saturated heterocycles. The molecule has 1 fully saturated rings. The zero-order valence-corrected chi connectivity index (χ0v) is 17.6. The van der Waals surface area contributed by atoms with Gasteiger partial charge < -0.3 is 20.3 Å². The number of para-hydroxylation sites is 2. The van der Waals surface area contributed by atoms with E-state index in [4.69, 9.17) is 16.3 Å². The van der Waals surface area contributed by atoms with Gasteiger partial charge in [0.1, 0.15) is 5.75 Å². The predicted octanol–water partition coefficient (Wildman–Crippen LogP) is 4.12. The van der Waals surface area contributed by atoms with Crippen LogP contribution in [0.4, 0.5) is 21.0 Å². The molecule has 2 aromatic rings. The molecule has 0 unspecified atom stereocenters. The fraction of sp³-hybridized carbons (Fsp3) is 0.364. The Bertz CT molecular complexity index is 944. The van der Waals surface area contributed by atoms with Gasteiger partial charge in [0.25, 0.3) is 0 Å². The highest BCUT2D eigenvalue weighted by molar-refractivity contribution is 6.30. The number of carbonyl (C=O) groups excluding carboxylic acids is 2. The van der Waals surface area contributed by atoms with E-state index in [0.29, 0.717) is 48.9 Å². The molecule has 2 heterocycles. The van der Waals surface area contributed by atoms with Gasteiger partial charge in [0.05, 0.1) is 12.8 Å². The Kier molecular flexibility index (Phi) is 5.99. The van der Waals surface area contributed by atoms with E-state index in [1.54, 1.807) is 16.9 Å². The molecule has 2 aliphatic rings. The average Bonchev–Trinajstić information content (AvgIpc) is 3.17. The summed E-state index contributed by atoms with van der Waals surface area (Å²) in [4.78, 5) is 28.9. The molecule has 7 nitrogen and oxygen atoms in total. The van der Waals surface area contributed by atoms with Crippen molar-refractivity contribution >= 4 is 35.0 Å². The Morgan fingerprint density at radius 1 is 1.07 bits per heavy atom. The van der Waals surface area contributed by atoms with Crippen molar-refractivity contribution in [2.24, 2.45) is 0 Å². The van der Waals surface area contributed by atoms with Crippen LogP contribution in [-0.2, 0) is 6.42 Å². The number of urea groups is 2. The summed E-state index contributed by atoms with van der Waals surface area (Å²) in [5.41, 5.74) is 2.67. The molecule has 4 amide bonds. The summed E-state index contributed by atoms with van der Waals surface area (Å²) >= 11 is 6.05. The second-order valence-corrected chi connectivity index (χ2v) is 7.95. The van der Waals surface area contributed by atoms with Crippen LogP contribution in [0.3, 0.4) is 0 Å². The number of halogens is 1. The van der Waals surface area contributed by atoms with Gasteiger partial charge in [-0.1, -0.05) is 23.7 Å². The summed E-state index contributed by atoms with van der Waals surface area (Å²) in [6.45, 7) is 1.82. The highest BCUT2D eigenvalue weighted by Gasteiger charge is 2.29. The lowest BCUT2D eigenvalue weighted by Crippen LogP contribution is -2.50. The van der Waals surface area contributed by atoms with E-state index in [1.807, 2.05) is 42.5 Å². The largest absolute Gasteiger partial charge is 0.495 e. The molecule has 0 bridgehead atoms. The first-order valence-corrected chi connectivity index (χ1v) is 10.5. The highest BCUT2D eigenvalue weighted by atomic mass is 35.5. The predicted molar refractivity (Wildman–Crippen MR) is 118 cm³/mol. The highest BCUT2D eigenvalue weighted by Crippen LogP contribution is 2.30. The first-order chi connectivity index (χ1) is 14.5.